The van der Waals surface area contributed by atoms with Crippen LogP contribution in [0.15, 0.2) is 29.2 Å². The zero-order valence-corrected chi connectivity index (χ0v) is 13.7. The van der Waals surface area contributed by atoms with Crippen molar-refractivity contribution in [3.8, 4) is 0 Å². The van der Waals surface area contributed by atoms with Crippen molar-refractivity contribution in [1.29, 1.82) is 0 Å². The van der Waals surface area contributed by atoms with Crippen LogP contribution >= 0.6 is 11.8 Å². The summed E-state index contributed by atoms with van der Waals surface area (Å²) in [6, 6.07) is 8.57. The van der Waals surface area contributed by atoms with Crippen LogP contribution in [0.1, 0.15) is 39.7 Å². The molecule has 0 aliphatic carbocycles. The van der Waals surface area contributed by atoms with Crippen molar-refractivity contribution in [3.63, 3.8) is 0 Å². The van der Waals surface area contributed by atoms with Gasteiger partial charge in [-0.25, -0.2) is 0 Å². The molecule has 0 aromatic heterocycles. The Hall–Kier alpha value is -1.00. The number of benzene rings is 1. The van der Waals surface area contributed by atoms with Crippen LogP contribution in [0.3, 0.4) is 0 Å². The van der Waals surface area contributed by atoms with E-state index in [1.807, 2.05) is 6.92 Å². The van der Waals surface area contributed by atoms with Gasteiger partial charge in [0.15, 0.2) is 0 Å². The fourth-order valence-electron chi connectivity index (χ4n) is 1.69. The minimum absolute atomic E-state index is 0.0653. The maximum Gasteiger partial charge on any atom is 0.230 e. The number of thioether (sulfide) groups is 1. The quantitative estimate of drug-likeness (QED) is 0.793. The van der Waals surface area contributed by atoms with Gasteiger partial charge in [-0.15, -0.1) is 11.8 Å². The van der Waals surface area contributed by atoms with Gasteiger partial charge in [-0.3, -0.25) is 4.79 Å². The second-order valence-electron chi connectivity index (χ2n) is 6.18. The van der Waals surface area contributed by atoms with E-state index < -0.39 is 0 Å². The minimum atomic E-state index is 0.0653. The molecule has 112 valence electrons. The first-order valence-electron chi connectivity index (χ1n) is 7.04. The van der Waals surface area contributed by atoms with Gasteiger partial charge in [0.05, 0.1) is 5.75 Å². The molecule has 3 N–H and O–H groups in total. The number of nitrogens with two attached hydrogens (primary N) is 1. The number of carbonyl (C=O) groups is 1. The molecule has 20 heavy (non-hydrogen) atoms. The van der Waals surface area contributed by atoms with Crippen molar-refractivity contribution in [1.82, 2.24) is 5.32 Å². The fourth-order valence-corrected chi connectivity index (χ4v) is 2.42. The predicted octanol–water partition coefficient (Wildman–Crippen LogP) is 2.93. The highest BCUT2D eigenvalue weighted by Crippen LogP contribution is 2.25. The molecule has 0 bridgehead atoms. The van der Waals surface area contributed by atoms with Crippen LogP contribution in [0.4, 0.5) is 0 Å². The van der Waals surface area contributed by atoms with E-state index in [0.29, 0.717) is 12.3 Å². The number of rotatable bonds is 6. The van der Waals surface area contributed by atoms with E-state index in [1.165, 1.54) is 5.56 Å². The molecule has 1 atom stereocenters. The molecule has 0 saturated carbocycles. The number of hydrogen-bond acceptors (Lipinski definition) is 3. The standard InChI is InChI=1S/C16H26N2OS/c1-12(17)9-10-18-15(19)11-20-14-7-5-13(6-8-14)16(2,3)4/h5-8,12H,9-11,17H2,1-4H3,(H,18,19). The summed E-state index contributed by atoms with van der Waals surface area (Å²) in [5, 5.41) is 2.88. The van der Waals surface area contributed by atoms with E-state index in [2.05, 4.69) is 50.4 Å². The molecule has 0 saturated heterocycles. The summed E-state index contributed by atoms with van der Waals surface area (Å²) in [5.41, 5.74) is 7.11. The lowest BCUT2D eigenvalue weighted by atomic mass is 9.87. The molecule has 1 amide bonds. The van der Waals surface area contributed by atoms with Crippen LogP contribution in [0, 0.1) is 0 Å². The van der Waals surface area contributed by atoms with Crippen molar-refractivity contribution >= 4 is 17.7 Å². The average molecular weight is 294 g/mol. The van der Waals surface area contributed by atoms with Crippen molar-refractivity contribution in [3.05, 3.63) is 29.8 Å². The molecule has 0 fully saturated rings. The second-order valence-corrected chi connectivity index (χ2v) is 7.23. The van der Waals surface area contributed by atoms with Gasteiger partial charge in [0.1, 0.15) is 0 Å². The number of nitrogens with one attached hydrogen (secondary N) is 1. The van der Waals surface area contributed by atoms with E-state index >= 15 is 0 Å². The maximum absolute atomic E-state index is 11.7. The molecular formula is C16H26N2OS. The van der Waals surface area contributed by atoms with Crippen molar-refractivity contribution in [2.75, 3.05) is 12.3 Å². The normalized spacial score (nSPS) is 13.1. The van der Waals surface area contributed by atoms with Gasteiger partial charge >= 0.3 is 0 Å². The van der Waals surface area contributed by atoms with Crippen LogP contribution in [0.25, 0.3) is 0 Å². The van der Waals surface area contributed by atoms with E-state index in [1.54, 1.807) is 11.8 Å². The Bertz CT molecular complexity index is 421. The van der Waals surface area contributed by atoms with E-state index in [9.17, 15) is 4.79 Å². The first kappa shape index (κ1) is 17.1. The lowest BCUT2D eigenvalue weighted by Gasteiger charge is -2.19. The second kappa shape index (κ2) is 7.70. The summed E-state index contributed by atoms with van der Waals surface area (Å²) in [6.45, 7) is 9.18. The summed E-state index contributed by atoms with van der Waals surface area (Å²) in [7, 11) is 0. The smallest absolute Gasteiger partial charge is 0.230 e. The van der Waals surface area contributed by atoms with E-state index in [-0.39, 0.29) is 17.4 Å². The van der Waals surface area contributed by atoms with Gasteiger partial charge in [0.2, 0.25) is 5.91 Å². The Labute approximate surface area is 126 Å². The van der Waals surface area contributed by atoms with Gasteiger partial charge in [0, 0.05) is 17.5 Å². The molecule has 3 nitrogen and oxygen atoms in total. The molecule has 1 rings (SSSR count). The summed E-state index contributed by atoms with van der Waals surface area (Å²) in [4.78, 5) is 12.8. The van der Waals surface area contributed by atoms with Crippen molar-refractivity contribution in [2.45, 2.75) is 50.5 Å². The third-order valence-electron chi connectivity index (χ3n) is 3.01. The third kappa shape index (κ3) is 6.44. The van der Waals surface area contributed by atoms with Crippen molar-refractivity contribution < 1.29 is 4.79 Å². The van der Waals surface area contributed by atoms with Crippen LogP contribution in [-0.4, -0.2) is 24.2 Å². The molecule has 1 aromatic carbocycles. The molecule has 0 aliphatic rings. The molecule has 1 aromatic rings. The Morgan fingerprint density at radius 1 is 1.30 bits per heavy atom. The Morgan fingerprint density at radius 2 is 1.90 bits per heavy atom. The summed E-state index contributed by atoms with van der Waals surface area (Å²) >= 11 is 1.56. The lowest BCUT2D eigenvalue weighted by molar-refractivity contribution is -0.118. The highest BCUT2D eigenvalue weighted by Gasteiger charge is 2.13. The zero-order chi connectivity index (χ0) is 15.2. The minimum Gasteiger partial charge on any atom is -0.355 e. The van der Waals surface area contributed by atoms with Crippen LogP contribution < -0.4 is 11.1 Å². The molecule has 0 radical (unpaired) electrons. The first-order chi connectivity index (χ1) is 9.29. The largest absolute Gasteiger partial charge is 0.355 e. The summed E-state index contributed by atoms with van der Waals surface area (Å²) < 4.78 is 0. The molecule has 0 heterocycles. The van der Waals surface area contributed by atoms with Crippen LogP contribution in [0.2, 0.25) is 0 Å². The topological polar surface area (TPSA) is 55.1 Å². The average Bonchev–Trinajstić information content (AvgIpc) is 2.35. The number of carbonyl (C=O) groups excluding carboxylic acids is 1. The van der Waals surface area contributed by atoms with Crippen molar-refractivity contribution in [2.24, 2.45) is 5.73 Å². The maximum atomic E-state index is 11.7. The third-order valence-corrected chi connectivity index (χ3v) is 4.02. The number of hydrogen-bond donors (Lipinski definition) is 2. The van der Waals surface area contributed by atoms with E-state index in [0.717, 1.165) is 11.3 Å². The van der Waals surface area contributed by atoms with Gasteiger partial charge in [0.25, 0.3) is 0 Å². The van der Waals surface area contributed by atoms with Gasteiger partial charge in [-0.05, 0) is 36.5 Å². The fraction of sp³-hybridized carbons (Fsp3) is 0.562. The predicted molar refractivity (Wildman–Crippen MR) is 87.1 cm³/mol. The zero-order valence-electron chi connectivity index (χ0n) is 12.9. The van der Waals surface area contributed by atoms with E-state index in [4.69, 9.17) is 5.73 Å². The molecule has 4 heteroatoms. The molecule has 1 unspecified atom stereocenters. The first-order valence-corrected chi connectivity index (χ1v) is 8.03. The highest BCUT2D eigenvalue weighted by atomic mass is 32.2. The van der Waals surface area contributed by atoms with Gasteiger partial charge < -0.3 is 11.1 Å². The lowest BCUT2D eigenvalue weighted by Crippen LogP contribution is -2.30. The van der Waals surface area contributed by atoms with Gasteiger partial charge in [-0.2, -0.15) is 0 Å². The van der Waals surface area contributed by atoms with Gasteiger partial charge in [-0.1, -0.05) is 32.9 Å². The Balaban J connectivity index is 2.37. The van der Waals surface area contributed by atoms with Crippen LogP contribution in [0.5, 0.6) is 0 Å². The molecular weight excluding hydrogens is 268 g/mol. The van der Waals surface area contributed by atoms with Crippen LogP contribution in [-0.2, 0) is 10.2 Å². The summed E-state index contributed by atoms with van der Waals surface area (Å²) in [5.74, 6) is 0.518. The SMILES string of the molecule is CC(N)CCNC(=O)CSc1ccc(C(C)(C)C)cc1. The Morgan fingerprint density at radius 3 is 2.40 bits per heavy atom. The molecule has 0 aliphatic heterocycles. The highest BCUT2D eigenvalue weighted by molar-refractivity contribution is 8.00. The number of amides is 1. The summed E-state index contributed by atoms with van der Waals surface area (Å²) in [6.07, 6.45) is 0.816. The molecule has 0 spiro atoms. The monoisotopic (exact) mass is 294 g/mol. The Kier molecular flexibility index (Phi) is 6.56.